The largest absolute Gasteiger partial charge is 0.342 e. The van der Waals surface area contributed by atoms with Crippen molar-refractivity contribution in [2.45, 2.75) is 20.3 Å². The van der Waals surface area contributed by atoms with E-state index in [4.69, 9.17) is 4.98 Å². The van der Waals surface area contributed by atoms with Crippen LogP contribution in [-0.4, -0.2) is 9.97 Å². The fraction of sp³-hybridized carbons (Fsp3) is 0.167. The van der Waals surface area contributed by atoms with Crippen LogP contribution in [-0.2, 0) is 6.42 Å². The quantitative estimate of drug-likeness (QED) is 0.749. The third kappa shape index (κ3) is 2.64. The molecule has 0 aliphatic carbocycles. The molecule has 2 aromatic carbocycles. The summed E-state index contributed by atoms with van der Waals surface area (Å²) in [6.45, 7) is 4.19. The number of hydrogen-bond donors (Lipinski definition) is 1. The van der Waals surface area contributed by atoms with Crippen LogP contribution >= 0.6 is 0 Å². The molecule has 0 aliphatic rings. The van der Waals surface area contributed by atoms with Crippen molar-refractivity contribution in [2.75, 3.05) is 0 Å². The van der Waals surface area contributed by atoms with Gasteiger partial charge in [0, 0.05) is 17.7 Å². The van der Waals surface area contributed by atoms with Gasteiger partial charge in [-0.3, -0.25) is 0 Å². The Kier molecular flexibility index (Phi) is 3.38. The highest BCUT2D eigenvalue weighted by molar-refractivity contribution is 5.55. The van der Waals surface area contributed by atoms with Crippen molar-refractivity contribution in [3.05, 3.63) is 77.1 Å². The second-order valence-electron chi connectivity index (χ2n) is 5.19. The lowest BCUT2D eigenvalue weighted by Crippen LogP contribution is -1.91. The Morgan fingerprint density at radius 2 is 1.60 bits per heavy atom. The van der Waals surface area contributed by atoms with Crippen LogP contribution in [0.15, 0.2) is 54.6 Å². The van der Waals surface area contributed by atoms with Crippen molar-refractivity contribution >= 4 is 0 Å². The van der Waals surface area contributed by atoms with Crippen LogP contribution in [0.25, 0.3) is 11.4 Å². The minimum atomic E-state index is 0.870. The Balaban J connectivity index is 1.88. The number of H-pyrrole nitrogens is 1. The molecule has 3 aromatic rings. The molecule has 1 heterocycles. The minimum Gasteiger partial charge on any atom is -0.342 e. The smallest absolute Gasteiger partial charge is 0.137 e. The fourth-order valence-corrected chi connectivity index (χ4v) is 2.30. The standard InChI is InChI=1S/C18H18N2/c1-13-8-10-15(11-9-13)12-17-14(2)19-18(20-17)16-6-4-3-5-7-16/h3-11H,12H2,1-2H3,(H,19,20). The van der Waals surface area contributed by atoms with E-state index < -0.39 is 0 Å². The molecular weight excluding hydrogens is 244 g/mol. The number of hydrogen-bond acceptors (Lipinski definition) is 1. The molecule has 1 N–H and O–H groups in total. The van der Waals surface area contributed by atoms with Gasteiger partial charge < -0.3 is 4.98 Å². The first kappa shape index (κ1) is 12.7. The van der Waals surface area contributed by atoms with Gasteiger partial charge in [-0.2, -0.15) is 0 Å². The van der Waals surface area contributed by atoms with E-state index in [0.29, 0.717) is 0 Å². The summed E-state index contributed by atoms with van der Waals surface area (Å²) in [6, 6.07) is 18.9. The van der Waals surface area contributed by atoms with E-state index in [9.17, 15) is 0 Å². The zero-order chi connectivity index (χ0) is 13.9. The number of aromatic amines is 1. The molecule has 0 saturated heterocycles. The molecule has 2 heteroatoms. The molecule has 0 saturated carbocycles. The highest BCUT2D eigenvalue weighted by Gasteiger charge is 2.08. The number of aryl methyl sites for hydroxylation is 2. The van der Waals surface area contributed by atoms with Gasteiger partial charge in [-0.1, -0.05) is 60.2 Å². The zero-order valence-electron chi connectivity index (χ0n) is 11.9. The van der Waals surface area contributed by atoms with Gasteiger partial charge in [-0.05, 0) is 19.4 Å². The van der Waals surface area contributed by atoms with Gasteiger partial charge in [0.2, 0.25) is 0 Å². The number of nitrogens with one attached hydrogen (secondary N) is 1. The lowest BCUT2D eigenvalue weighted by Gasteiger charge is -2.00. The van der Waals surface area contributed by atoms with E-state index in [1.165, 1.54) is 11.1 Å². The van der Waals surface area contributed by atoms with Crippen LogP contribution in [0, 0.1) is 13.8 Å². The molecule has 0 fully saturated rings. The summed E-state index contributed by atoms with van der Waals surface area (Å²) in [5, 5.41) is 0. The number of nitrogens with zero attached hydrogens (tertiary/aromatic N) is 1. The molecule has 0 amide bonds. The summed E-state index contributed by atoms with van der Waals surface area (Å²) in [4.78, 5) is 8.12. The topological polar surface area (TPSA) is 28.7 Å². The van der Waals surface area contributed by atoms with E-state index in [1.807, 2.05) is 18.2 Å². The van der Waals surface area contributed by atoms with Gasteiger partial charge in [0.25, 0.3) is 0 Å². The molecule has 100 valence electrons. The molecule has 20 heavy (non-hydrogen) atoms. The molecule has 0 spiro atoms. The van der Waals surface area contributed by atoms with Crippen LogP contribution in [0.2, 0.25) is 0 Å². The third-order valence-corrected chi connectivity index (χ3v) is 3.52. The summed E-state index contributed by atoms with van der Waals surface area (Å²) >= 11 is 0. The molecule has 0 aliphatic heterocycles. The van der Waals surface area contributed by atoms with Crippen LogP contribution in [0.5, 0.6) is 0 Å². The maximum absolute atomic E-state index is 4.74. The van der Waals surface area contributed by atoms with Gasteiger partial charge in [0.15, 0.2) is 0 Å². The van der Waals surface area contributed by atoms with E-state index in [1.54, 1.807) is 0 Å². The van der Waals surface area contributed by atoms with Gasteiger partial charge in [0.1, 0.15) is 5.82 Å². The second kappa shape index (κ2) is 5.33. The van der Waals surface area contributed by atoms with E-state index in [-0.39, 0.29) is 0 Å². The normalized spacial score (nSPS) is 10.7. The monoisotopic (exact) mass is 262 g/mol. The van der Waals surface area contributed by atoms with Crippen molar-refractivity contribution < 1.29 is 0 Å². The van der Waals surface area contributed by atoms with Gasteiger partial charge >= 0.3 is 0 Å². The van der Waals surface area contributed by atoms with Gasteiger partial charge in [0.05, 0.1) is 5.69 Å². The summed E-state index contributed by atoms with van der Waals surface area (Å²) in [6.07, 6.45) is 0.870. The number of benzene rings is 2. The van der Waals surface area contributed by atoms with Crippen molar-refractivity contribution in [3.63, 3.8) is 0 Å². The molecule has 0 radical (unpaired) electrons. The van der Waals surface area contributed by atoms with Crippen molar-refractivity contribution in [1.82, 2.24) is 9.97 Å². The predicted molar refractivity (Wildman–Crippen MR) is 82.7 cm³/mol. The first-order valence-corrected chi connectivity index (χ1v) is 6.89. The van der Waals surface area contributed by atoms with E-state index >= 15 is 0 Å². The molecule has 3 rings (SSSR count). The molecule has 1 aromatic heterocycles. The maximum Gasteiger partial charge on any atom is 0.137 e. The Morgan fingerprint density at radius 1 is 0.900 bits per heavy atom. The van der Waals surface area contributed by atoms with Crippen LogP contribution in [0.1, 0.15) is 22.5 Å². The van der Waals surface area contributed by atoms with Crippen molar-refractivity contribution in [1.29, 1.82) is 0 Å². The SMILES string of the molecule is Cc1ccc(Cc2nc(-c3ccccc3)[nH]c2C)cc1. The molecule has 0 unspecified atom stereocenters. The molecular formula is C18H18N2. The Hall–Kier alpha value is -2.35. The van der Waals surface area contributed by atoms with Gasteiger partial charge in [-0.25, -0.2) is 4.98 Å². The first-order chi connectivity index (χ1) is 9.72. The van der Waals surface area contributed by atoms with Gasteiger partial charge in [-0.15, -0.1) is 0 Å². The first-order valence-electron chi connectivity index (χ1n) is 6.89. The Morgan fingerprint density at radius 3 is 2.30 bits per heavy atom. The molecule has 2 nitrogen and oxygen atoms in total. The van der Waals surface area contributed by atoms with Crippen LogP contribution in [0.3, 0.4) is 0 Å². The number of aromatic nitrogens is 2. The average molecular weight is 262 g/mol. The van der Waals surface area contributed by atoms with E-state index in [2.05, 4.69) is 55.2 Å². The number of imidazole rings is 1. The Bertz CT molecular complexity index is 694. The summed E-state index contributed by atoms with van der Waals surface area (Å²) < 4.78 is 0. The molecule has 0 bridgehead atoms. The van der Waals surface area contributed by atoms with Crippen LogP contribution in [0.4, 0.5) is 0 Å². The highest BCUT2D eigenvalue weighted by Crippen LogP contribution is 2.19. The highest BCUT2D eigenvalue weighted by atomic mass is 14.9. The number of rotatable bonds is 3. The Labute approximate surface area is 119 Å². The second-order valence-corrected chi connectivity index (χ2v) is 5.19. The minimum absolute atomic E-state index is 0.870. The van der Waals surface area contributed by atoms with E-state index in [0.717, 1.165) is 29.2 Å². The van der Waals surface area contributed by atoms with Crippen LogP contribution < -0.4 is 0 Å². The lowest BCUT2D eigenvalue weighted by atomic mass is 10.1. The summed E-state index contributed by atoms with van der Waals surface area (Å²) in [5.41, 5.74) is 5.98. The lowest BCUT2D eigenvalue weighted by molar-refractivity contribution is 1.08. The predicted octanol–water partition coefficient (Wildman–Crippen LogP) is 4.28. The average Bonchev–Trinajstić information content (AvgIpc) is 2.84. The fourth-order valence-electron chi connectivity index (χ4n) is 2.30. The van der Waals surface area contributed by atoms with Crippen molar-refractivity contribution in [2.24, 2.45) is 0 Å². The molecule has 0 atom stereocenters. The zero-order valence-corrected chi connectivity index (χ0v) is 11.9. The summed E-state index contributed by atoms with van der Waals surface area (Å²) in [7, 11) is 0. The van der Waals surface area contributed by atoms with Crippen molar-refractivity contribution in [3.8, 4) is 11.4 Å². The maximum atomic E-state index is 4.74. The summed E-state index contributed by atoms with van der Waals surface area (Å²) in [5.74, 6) is 0.949. The third-order valence-electron chi connectivity index (χ3n) is 3.52.